The molecule has 1 saturated heterocycles. The Hall–Kier alpha value is -0.200. The van der Waals surface area contributed by atoms with E-state index in [4.69, 9.17) is 18.9 Å². The average molecular weight is 178 g/mol. The van der Waals surface area contributed by atoms with Crippen LogP contribution in [0, 0.1) is 0 Å². The summed E-state index contributed by atoms with van der Waals surface area (Å²) in [6, 6.07) is 0. The van der Waals surface area contributed by atoms with Gasteiger partial charge in [-0.2, -0.15) is 0 Å². The van der Waals surface area contributed by atoms with Crippen LogP contribution in [0.3, 0.4) is 0 Å². The molecule has 72 valence electrons. The third-order valence-electron chi connectivity index (χ3n) is 1.89. The molecule has 1 rings (SSSR count). The monoisotopic (exact) mass is 178 g/mol. The minimum Gasteiger partial charge on any atom is -0.385 e. The van der Waals surface area contributed by atoms with Gasteiger partial charge in [-0.25, -0.2) is 0 Å². The number of aliphatic hydroxyl groups is 1. The number of methoxy groups -OCH3 is 3. The second-order valence-corrected chi connectivity index (χ2v) is 2.54. The predicted octanol–water partition coefficient (Wildman–Crippen LogP) is -0.663. The molecule has 0 spiro atoms. The molecule has 5 heteroatoms. The molecule has 1 heterocycles. The first kappa shape index (κ1) is 9.88. The number of hydrogen-bond acceptors (Lipinski definition) is 5. The zero-order valence-electron chi connectivity index (χ0n) is 7.39. The Bertz CT molecular complexity index is 138. The van der Waals surface area contributed by atoms with Gasteiger partial charge in [0.25, 0.3) is 0 Å². The first-order valence-electron chi connectivity index (χ1n) is 3.66. The zero-order chi connectivity index (χ0) is 9.14. The van der Waals surface area contributed by atoms with Crippen LogP contribution < -0.4 is 0 Å². The maximum absolute atomic E-state index is 9.50. The molecule has 0 radical (unpaired) electrons. The first-order valence-corrected chi connectivity index (χ1v) is 3.66. The molecule has 1 N–H and O–H groups in total. The van der Waals surface area contributed by atoms with Crippen LogP contribution >= 0.6 is 0 Å². The number of hydrogen-bond donors (Lipinski definition) is 1. The molecule has 0 aliphatic carbocycles. The lowest BCUT2D eigenvalue weighted by Crippen LogP contribution is -2.35. The highest BCUT2D eigenvalue weighted by Crippen LogP contribution is 2.23. The van der Waals surface area contributed by atoms with Crippen molar-refractivity contribution < 1.29 is 24.1 Å². The van der Waals surface area contributed by atoms with Gasteiger partial charge >= 0.3 is 0 Å². The molecule has 0 aromatic carbocycles. The summed E-state index contributed by atoms with van der Waals surface area (Å²) in [5.41, 5.74) is 0. The van der Waals surface area contributed by atoms with E-state index < -0.39 is 24.8 Å². The first-order chi connectivity index (χ1) is 5.74. The molecule has 1 fully saturated rings. The smallest absolute Gasteiger partial charge is 0.189 e. The van der Waals surface area contributed by atoms with Gasteiger partial charge in [-0.05, 0) is 0 Å². The standard InChI is InChI=1S/C7H14O5/c1-9-5-4(8)6(10-2)12-7(5)11-3/h4-8H,1-3H3/t4-,5+,6-,7+/m1/s1. The van der Waals surface area contributed by atoms with E-state index in [1.165, 1.54) is 21.3 Å². The lowest BCUT2D eigenvalue weighted by molar-refractivity contribution is -0.206. The predicted molar refractivity (Wildman–Crippen MR) is 39.5 cm³/mol. The minimum absolute atomic E-state index is 0.486. The van der Waals surface area contributed by atoms with Gasteiger partial charge in [0.05, 0.1) is 0 Å². The van der Waals surface area contributed by atoms with Gasteiger partial charge in [0, 0.05) is 21.3 Å². The van der Waals surface area contributed by atoms with Crippen LogP contribution in [-0.4, -0.2) is 51.2 Å². The Morgan fingerprint density at radius 3 is 1.92 bits per heavy atom. The second kappa shape index (κ2) is 4.15. The van der Waals surface area contributed by atoms with Crippen molar-refractivity contribution in [3.63, 3.8) is 0 Å². The Kier molecular flexibility index (Phi) is 3.42. The molecule has 0 bridgehead atoms. The second-order valence-electron chi connectivity index (χ2n) is 2.54. The van der Waals surface area contributed by atoms with E-state index in [9.17, 15) is 5.11 Å². The van der Waals surface area contributed by atoms with Gasteiger partial charge < -0.3 is 24.1 Å². The Morgan fingerprint density at radius 1 is 1.00 bits per heavy atom. The van der Waals surface area contributed by atoms with E-state index in [-0.39, 0.29) is 0 Å². The average Bonchev–Trinajstić information content (AvgIpc) is 2.41. The van der Waals surface area contributed by atoms with Crippen molar-refractivity contribution in [1.82, 2.24) is 0 Å². The summed E-state index contributed by atoms with van der Waals surface area (Å²) in [6.07, 6.45) is -2.51. The van der Waals surface area contributed by atoms with Crippen molar-refractivity contribution in [3.8, 4) is 0 Å². The lowest BCUT2D eigenvalue weighted by atomic mass is 10.2. The van der Waals surface area contributed by atoms with Crippen LogP contribution in [0.15, 0.2) is 0 Å². The molecule has 0 unspecified atom stereocenters. The van der Waals surface area contributed by atoms with Crippen LogP contribution in [0.1, 0.15) is 0 Å². The van der Waals surface area contributed by atoms with Crippen LogP contribution in [0.5, 0.6) is 0 Å². The van der Waals surface area contributed by atoms with Gasteiger partial charge in [-0.1, -0.05) is 0 Å². The molecule has 1 aliphatic heterocycles. The fraction of sp³-hybridized carbons (Fsp3) is 1.00. The molecular weight excluding hydrogens is 164 g/mol. The largest absolute Gasteiger partial charge is 0.385 e. The highest BCUT2D eigenvalue weighted by molar-refractivity contribution is 4.82. The van der Waals surface area contributed by atoms with E-state index in [0.717, 1.165) is 0 Å². The molecule has 0 aromatic heterocycles. The van der Waals surface area contributed by atoms with Crippen molar-refractivity contribution in [2.24, 2.45) is 0 Å². The molecule has 4 atom stereocenters. The Labute approximate surface area is 71.2 Å². The van der Waals surface area contributed by atoms with Gasteiger partial charge in [0.1, 0.15) is 12.2 Å². The minimum atomic E-state index is -0.801. The van der Waals surface area contributed by atoms with Crippen molar-refractivity contribution in [1.29, 1.82) is 0 Å². The van der Waals surface area contributed by atoms with Crippen LogP contribution in [0.25, 0.3) is 0 Å². The molecular formula is C7H14O5. The highest BCUT2D eigenvalue weighted by atomic mass is 16.8. The van der Waals surface area contributed by atoms with E-state index in [0.29, 0.717) is 0 Å². The van der Waals surface area contributed by atoms with Gasteiger partial charge in [0.2, 0.25) is 0 Å². The van der Waals surface area contributed by atoms with Crippen LogP contribution in [0.4, 0.5) is 0 Å². The molecule has 0 saturated carbocycles. The van der Waals surface area contributed by atoms with Gasteiger partial charge in [0.15, 0.2) is 12.6 Å². The lowest BCUT2D eigenvalue weighted by Gasteiger charge is -2.16. The summed E-state index contributed by atoms with van der Waals surface area (Å²) in [5.74, 6) is 0. The quantitative estimate of drug-likeness (QED) is 0.621. The fourth-order valence-electron chi connectivity index (χ4n) is 1.24. The number of rotatable bonds is 3. The maximum Gasteiger partial charge on any atom is 0.189 e. The summed E-state index contributed by atoms with van der Waals surface area (Å²) in [5, 5.41) is 9.50. The molecule has 12 heavy (non-hydrogen) atoms. The maximum atomic E-state index is 9.50. The fourth-order valence-corrected chi connectivity index (χ4v) is 1.24. The van der Waals surface area contributed by atoms with Gasteiger partial charge in [-0.3, -0.25) is 0 Å². The zero-order valence-corrected chi connectivity index (χ0v) is 7.39. The molecule has 0 amide bonds. The summed E-state index contributed by atoms with van der Waals surface area (Å²) in [7, 11) is 4.43. The van der Waals surface area contributed by atoms with E-state index in [2.05, 4.69) is 0 Å². The molecule has 0 aromatic rings. The summed E-state index contributed by atoms with van der Waals surface area (Å²) < 4.78 is 19.9. The molecule has 1 aliphatic rings. The Balaban J connectivity index is 2.58. The SMILES string of the molecule is CO[C@@H]1O[C@H](OC)[C@@H](OC)[C@H]1O. The van der Waals surface area contributed by atoms with E-state index >= 15 is 0 Å². The van der Waals surface area contributed by atoms with Gasteiger partial charge in [-0.15, -0.1) is 0 Å². The number of ether oxygens (including phenoxy) is 4. The summed E-state index contributed by atoms with van der Waals surface area (Å²) >= 11 is 0. The summed E-state index contributed by atoms with van der Waals surface area (Å²) in [6.45, 7) is 0. The van der Waals surface area contributed by atoms with Crippen molar-refractivity contribution in [3.05, 3.63) is 0 Å². The van der Waals surface area contributed by atoms with Crippen molar-refractivity contribution >= 4 is 0 Å². The topological polar surface area (TPSA) is 57.2 Å². The molecule has 5 nitrogen and oxygen atoms in total. The Morgan fingerprint density at radius 2 is 1.58 bits per heavy atom. The van der Waals surface area contributed by atoms with E-state index in [1.807, 2.05) is 0 Å². The highest BCUT2D eigenvalue weighted by Gasteiger charge is 2.44. The van der Waals surface area contributed by atoms with Crippen molar-refractivity contribution in [2.75, 3.05) is 21.3 Å². The normalized spacial score (nSPS) is 42.0. The van der Waals surface area contributed by atoms with Crippen LogP contribution in [0.2, 0.25) is 0 Å². The van der Waals surface area contributed by atoms with Crippen LogP contribution in [-0.2, 0) is 18.9 Å². The van der Waals surface area contributed by atoms with E-state index in [1.54, 1.807) is 0 Å². The number of aliphatic hydroxyl groups excluding tert-OH is 1. The third-order valence-corrected chi connectivity index (χ3v) is 1.89. The third kappa shape index (κ3) is 1.60. The summed E-state index contributed by atoms with van der Waals surface area (Å²) in [4.78, 5) is 0. The van der Waals surface area contributed by atoms with Crippen molar-refractivity contribution in [2.45, 2.75) is 24.8 Å².